The summed E-state index contributed by atoms with van der Waals surface area (Å²) in [4.78, 5) is 57.9. The minimum absolute atomic E-state index is 0.0563. The van der Waals surface area contributed by atoms with E-state index < -0.39 is 41.5 Å². The predicted octanol–water partition coefficient (Wildman–Crippen LogP) is 1.38. The first-order valence-corrected chi connectivity index (χ1v) is 12.3. The molecule has 10 nitrogen and oxygen atoms in total. The van der Waals surface area contributed by atoms with Crippen molar-refractivity contribution in [1.29, 1.82) is 0 Å². The lowest BCUT2D eigenvalue weighted by Crippen LogP contribution is -2.55. The normalized spacial score (nSPS) is 37.6. The summed E-state index contributed by atoms with van der Waals surface area (Å²) in [6.07, 6.45) is 4.61. The first-order valence-electron chi connectivity index (χ1n) is 12.3. The van der Waals surface area contributed by atoms with Gasteiger partial charge in [0.05, 0.1) is 42.9 Å². The number of ether oxygens (including phenoxy) is 2. The van der Waals surface area contributed by atoms with E-state index in [2.05, 4.69) is 0 Å². The van der Waals surface area contributed by atoms with E-state index in [1.165, 1.54) is 6.26 Å². The van der Waals surface area contributed by atoms with Crippen LogP contribution in [0.3, 0.4) is 0 Å². The van der Waals surface area contributed by atoms with Gasteiger partial charge < -0.3 is 28.6 Å². The third kappa shape index (κ3) is 3.05. The van der Waals surface area contributed by atoms with Gasteiger partial charge in [0.25, 0.3) is 0 Å². The van der Waals surface area contributed by atoms with Crippen molar-refractivity contribution in [3.8, 4) is 0 Å². The fourth-order valence-electron chi connectivity index (χ4n) is 6.78. The summed E-state index contributed by atoms with van der Waals surface area (Å²) in [5.74, 6) is -1.45. The van der Waals surface area contributed by atoms with Gasteiger partial charge in [-0.05, 0) is 19.1 Å². The number of hydrogen-bond donors (Lipinski definition) is 0. The number of piperazine rings is 1. The van der Waals surface area contributed by atoms with Gasteiger partial charge in [0.1, 0.15) is 17.1 Å². The summed E-state index contributed by atoms with van der Waals surface area (Å²) in [7, 11) is 0. The minimum Gasteiger partial charge on any atom is -0.467 e. The summed E-state index contributed by atoms with van der Waals surface area (Å²) in [5.41, 5.74) is -1.00. The number of amides is 3. The van der Waals surface area contributed by atoms with E-state index in [1.54, 1.807) is 33.8 Å². The lowest BCUT2D eigenvalue weighted by atomic mass is 9.70. The Morgan fingerprint density at radius 2 is 1.91 bits per heavy atom. The quantitative estimate of drug-likeness (QED) is 0.598. The average molecular weight is 484 g/mol. The summed E-state index contributed by atoms with van der Waals surface area (Å²) >= 11 is 0. The van der Waals surface area contributed by atoms with Crippen LogP contribution in [0.25, 0.3) is 0 Å². The molecule has 5 aliphatic rings. The Kier molecular flexibility index (Phi) is 5.07. The van der Waals surface area contributed by atoms with Crippen molar-refractivity contribution in [1.82, 2.24) is 14.7 Å². The standard InChI is InChI=1S/C25H29N3O7/c1-3-33-24(32)27-10-8-26(9-11-27)22(30)19-18-6-7-25(35-18)20(19)23(31)28-15(17-5-4-12-34-17)13-16(29)14(2)21(25)28/h4-7,12,14-15,18-21H,3,8-11,13H2,1-2H3/t14-,15-,18+,19-,20+,21-,25+/m1/s1. The first kappa shape index (κ1) is 22.3. The number of hydrogen-bond acceptors (Lipinski definition) is 7. The van der Waals surface area contributed by atoms with E-state index in [0.29, 0.717) is 38.5 Å². The molecule has 4 fully saturated rings. The molecule has 1 spiro atoms. The molecule has 10 heteroatoms. The molecule has 0 aliphatic carbocycles. The zero-order valence-corrected chi connectivity index (χ0v) is 19.8. The SMILES string of the molecule is CCOC(=O)N1CCN(C(=O)[C@@H]2[C@@H]3C=C[C@]4(O3)[C@@H]2C(=O)N2[C@@H](c3ccco3)CC(=O)[C@@H](C)[C@@H]24)CC1. The van der Waals surface area contributed by atoms with E-state index in [1.807, 2.05) is 19.1 Å². The van der Waals surface area contributed by atoms with Crippen LogP contribution in [0.2, 0.25) is 0 Å². The molecule has 0 unspecified atom stereocenters. The topological polar surface area (TPSA) is 110 Å². The number of Topliss-reactive ketones (excluding diaryl/α,β-unsaturated/α-hetero) is 1. The molecular weight excluding hydrogens is 454 g/mol. The van der Waals surface area contributed by atoms with Crippen LogP contribution in [-0.4, -0.2) is 88.9 Å². The maximum atomic E-state index is 14.0. The summed E-state index contributed by atoms with van der Waals surface area (Å²) in [6.45, 7) is 5.40. The van der Waals surface area contributed by atoms with Gasteiger partial charge in [0.2, 0.25) is 11.8 Å². The Bertz CT molecular complexity index is 1090. The Morgan fingerprint density at radius 1 is 1.17 bits per heavy atom. The molecule has 0 aromatic carbocycles. The molecule has 2 bridgehead atoms. The van der Waals surface area contributed by atoms with Gasteiger partial charge in [-0.3, -0.25) is 14.4 Å². The highest BCUT2D eigenvalue weighted by atomic mass is 16.6. The van der Waals surface area contributed by atoms with Crippen molar-refractivity contribution < 1.29 is 33.1 Å². The number of fused-ring (bicyclic) bond motifs is 2. The molecule has 6 rings (SSSR count). The van der Waals surface area contributed by atoms with Crippen molar-refractivity contribution in [2.45, 2.75) is 44.1 Å². The molecule has 7 atom stereocenters. The molecule has 1 aromatic rings. The number of piperidine rings is 1. The molecule has 0 saturated carbocycles. The molecule has 186 valence electrons. The molecule has 0 radical (unpaired) electrons. The van der Waals surface area contributed by atoms with Gasteiger partial charge in [-0.1, -0.05) is 19.1 Å². The fourth-order valence-corrected chi connectivity index (χ4v) is 6.78. The van der Waals surface area contributed by atoms with Crippen LogP contribution in [0.5, 0.6) is 0 Å². The lowest BCUT2D eigenvalue weighted by molar-refractivity contribution is -0.150. The van der Waals surface area contributed by atoms with E-state index in [-0.39, 0.29) is 30.1 Å². The minimum atomic E-state index is -1.00. The molecule has 1 aromatic heterocycles. The lowest BCUT2D eigenvalue weighted by Gasteiger charge is -2.43. The zero-order valence-electron chi connectivity index (χ0n) is 19.8. The van der Waals surface area contributed by atoms with Gasteiger partial charge in [0.15, 0.2) is 0 Å². The number of carbonyl (C=O) groups excluding carboxylic acids is 4. The number of furan rings is 1. The van der Waals surface area contributed by atoms with Crippen LogP contribution in [0, 0.1) is 17.8 Å². The van der Waals surface area contributed by atoms with Crippen LogP contribution >= 0.6 is 0 Å². The van der Waals surface area contributed by atoms with Crippen LogP contribution in [0.15, 0.2) is 35.0 Å². The van der Waals surface area contributed by atoms with Crippen molar-refractivity contribution >= 4 is 23.7 Å². The largest absolute Gasteiger partial charge is 0.467 e. The Labute approximate surface area is 202 Å². The van der Waals surface area contributed by atoms with Crippen molar-refractivity contribution in [2.75, 3.05) is 32.8 Å². The number of nitrogens with zero attached hydrogens (tertiary/aromatic N) is 3. The second-order valence-corrected chi connectivity index (χ2v) is 9.99. The van der Waals surface area contributed by atoms with E-state index >= 15 is 0 Å². The van der Waals surface area contributed by atoms with Gasteiger partial charge >= 0.3 is 6.09 Å². The Balaban J connectivity index is 1.28. The predicted molar refractivity (Wildman–Crippen MR) is 120 cm³/mol. The van der Waals surface area contributed by atoms with Crippen LogP contribution in [-0.2, 0) is 23.9 Å². The smallest absolute Gasteiger partial charge is 0.409 e. The molecule has 6 heterocycles. The van der Waals surface area contributed by atoms with Gasteiger partial charge in [-0.25, -0.2) is 4.79 Å². The summed E-state index contributed by atoms with van der Waals surface area (Å²) in [6, 6.07) is 2.53. The van der Waals surface area contributed by atoms with E-state index in [4.69, 9.17) is 13.9 Å². The highest BCUT2D eigenvalue weighted by Gasteiger charge is 2.74. The zero-order chi connectivity index (χ0) is 24.5. The van der Waals surface area contributed by atoms with E-state index in [9.17, 15) is 19.2 Å². The highest BCUT2D eigenvalue weighted by Crippen LogP contribution is 2.60. The van der Waals surface area contributed by atoms with Crippen LogP contribution < -0.4 is 0 Å². The second-order valence-electron chi connectivity index (χ2n) is 9.99. The van der Waals surface area contributed by atoms with Gasteiger partial charge in [-0.15, -0.1) is 0 Å². The van der Waals surface area contributed by atoms with Crippen LogP contribution in [0.1, 0.15) is 32.1 Å². The van der Waals surface area contributed by atoms with Crippen molar-refractivity contribution in [3.63, 3.8) is 0 Å². The van der Waals surface area contributed by atoms with Crippen molar-refractivity contribution in [3.05, 3.63) is 36.3 Å². The summed E-state index contributed by atoms with van der Waals surface area (Å²) in [5, 5.41) is 0. The van der Waals surface area contributed by atoms with E-state index in [0.717, 1.165) is 0 Å². The van der Waals surface area contributed by atoms with Crippen molar-refractivity contribution in [2.24, 2.45) is 17.8 Å². The Morgan fingerprint density at radius 3 is 2.60 bits per heavy atom. The molecule has 35 heavy (non-hydrogen) atoms. The third-order valence-electron chi connectivity index (χ3n) is 8.35. The second kappa shape index (κ2) is 7.94. The van der Waals surface area contributed by atoms with Crippen LogP contribution in [0.4, 0.5) is 4.79 Å². The monoisotopic (exact) mass is 483 g/mol. The Hall–Kier alpha value is -3.14. The van der Waals surface area contributed by atoms with Gasteiger partial charge in [0, 0.05) is 38.5 Å². The number of carbonyl (C=O) groups is 4. The summed E-state index contributed by atoms with van der Waals surface area (Å²) < 4.78 is 17.1. The molecular formula is C25H29N3O7. The number of ketones is 1. The molecule has 5 aliphatic heterocycles. The average Bonchev–Trinajstić information content (AvgIpc) is 3.64. The maximum absolute atomic E-state index is 14.0. The van der Waals surface area contributed by atoms with Gasteiger partial charge in [-0.2, -0.15) is 0 Å². The molecule has 0 N–H and O–H groups in total. The first-order chi connectivity index (χ1) is 16.9. The third-order valence-corrected chi connectivity index (χ3v) is 8.35. The molecule has 3 amide bonds. The maximum Gasteiger partial charge on any atom is 0.409 e. The fraction of sp³-hybridized carbons (Fsp3) is 0.600. The molecule has 4 saturated heterocycles. The highest BCUT2D eigenvalue weighted by molar-refractivity contribution is 5.96. The number of rotatable bonds is 3.